The van der Waals surface area contributed by atoms with Crippen LogP contribution in [0.25, 0.3) is 11.1 Å². The Bertz CT molecular complexity index is 917. The van der Waals surface area contributed by atoms with Crippen LogP contribution in [0.5, 0.6) is 0 Å². The molecule has 8 heteroatoms. The van der Waals surface area contributed by atoms with Gasteiger partial charge in [-0.25, -0.2) is 0 Å². The Labute approximate surface area is 181 Å². The van der Waals surface area contributed by atoms with Crippen molar-refractivity contribution in [1.29, 1.82) is 0 Å². The smallest absolute Gasteiger partial charge is 0.306 e. The molecule has 4 N–H and O–H groups in total. The number of carboxylic acids is 1. The van der Waals surface area contributed by atoms with Crippen LogP contribution >= 0.6 is 0 Å². The summed E-state index contributed by atoms with van der Waals surface area (Å²) >= 11 is 0. The summed E-state index contributed by atoms with van der Waals surface area (Å²) in [6, 6.07) is 18.0. The number of hydrogen-bond donors (Lipinski definition) is 4. The first-order valence-electron chi connectivity index (χ1n) is 10.2. The Kier molecular flexibility index (Phi) is 8.28. The van der Waals surface area contributed by atoms with E-state index in [1.54, 1.807) is 7.11 Å². The maximum atomic E-state index is 11.7. The first-order chi connectivity index (χ1) is 15.1. The first kappa shape index (κ1) is 22.6. The lowest BCUT2D eigenvalue weighted by Crippen LogP contribution is -2.38. The molecule has 0 bridgehead atoms. The first-order valence-corrected chi connectivity index (χ1v) is 10.2. The summed E-state index contributed by atoms with van der Waals surface area (Å²) in [6.45, 7) is 0.362. The van der Waals surface area contributed by atoms with Gasteiger partial charge in [0.2, 0.25) is 0 Å². The van der Waals surface area contributed by atoms with Crippen molar-refractivity contribution in [2.24, 2.45) is 5.92 Å². The van der Waals surface area contributed by atoms with Gasteiger partial charge in [-0.15, -0.1) is 0 Å². The topological polar surface area (TPSA) is 120 Å². The van der Waals surface area contributed by atoms with E-state index >= 15 is 0 Å². The van der Waals surface area contributed by atoms with Crippen molar-refractivity contribution in [2.75, 3.05) is 13.7 Å². The number of aliphatic hydroxyl groups excluding tert-OH is 1. The Morgan fingerprint density at radius 3 is 2.45 bits per heavy atom. The zero-order chi connectivity index (χ0) is 22.1. The van der Waals surface area contributed by atoms with Crippen LogP contribution in [-0.4, -0.2) is 51.4 Å². The summed E-state index contributed by atoms with van der Waals surface area (Å²) in [5.74, 6) is -1.47. The highest BCUT2D eigenvalue weighted by Gasteiger charge is 2.25. The van der Waals surface area contributed by atoms with Gasteiger partial charge in [0, 0.05) is 19.8 Å². The summed E-state index contributed by atoms with van der Waals surface area (Å²) in [4.78, 5) is 11.7. The number of aromatic nitrogens is 3. The average molecular weight is 425 g/mol. The average Bonchev–Trinajstić information content (AvgIpc) is 3.32. The number of aromatic amines is 1. The summed E-state index contributed by atoms with van der Waals surface area (Å²) in [5, 5.41) is 33.3. The van der Waals surface area contributed by atoms with Gasteiger partial charge in [-0.1, -0.05) is 54.6 Å². The van der Waals surface area contributed by atoms with E-state index in [1.165, 1.54) is 6.20 Å². The van der Waals surface area contributed by atoms with Crippen molar-refractivity contribution in [2.45, 2.75) is 31.5 Å². The highest BCUT2D eigenvalue weighted by Crippen LogP contribution is 2.22. The number of H-pyrrole nitrogens is 1. The molecule has 0 aliphatic carbocycles. The molecule has 8 nitrogen and oxygen atoms in total. The van der Waals surface area contributed by atoms with Gasteiger partial charge in [0.25, 0.3) is 0 Å². The van der Waals surface area contributed by atoms with Crippen molar-refractivity contribution in [3.05, 3.63) is 72.1 Å². The molecular weight excluding hydrogens is 396 g/mol. The number of aliphatic carboxylic acids is 1. The largest absolute Gasteiger partial charge is 0.481 e. The van der Waals surface area contributed by atoms with Crippen LogP contribution in [0.2, 0.25) is 0 Å². The van der Waals surface area contributed by atoms with Crippen molar-refractivity contribution in [3.63, 3.8) is 0 Å². The fourth-order valence-corrected chi connectivity index (χ4v) is 3.56. The number of ether oxygens (including phenoxy) is 1. The van der Waals surface area contributed by atoms with E-state index in [2.05, 4.69) is 45.0 Å². The molecule has 3 atom stereocenters. The van der Waals surface area contributed by atoms with E-state index in [9.17, 15) is 15.0 Å². The molecular formula is C23H28N4O4. The van der Waals surface area contributed by atoms with E-state index in [4.69, 9.17) is 4.74 Å². The van der Waals surface area contributed by atoms with Crippen molar-refractivity contribution in [1.82, 2.24) is 20.7 Å². The monoisotopic (exact) mass is 424 g/mol. The number of hydrogen-bond acceptors (Lipinski definition) is 6. The van der Waals surface area contributed by atoms with Gasteiger partial charge in [0.1, 0.15) is 5.69 Å². The zero-order valence-corrected chi connectivity index (χ0v) is 17.4. The summed E-state index contributed by atoms with van der Waals surface area (Å²) in [6.07, 6.45) is 1.68. The minimum atomic E-state index is -1.05. The van der Waals surface area contributed by atoms with Crippen molar-refractivity contribution < 1.29 is 19.7 Å². The van der Waals surface area contributed by atoms with Gasteiger partial charge in [0.05, 0.1) is 12.1 Å². The third kappa shape index (κ3) is 6.71. The zero-order valence-electron chi connectivity index (χ0n) is 17.4. The predicted molar refractivity (Wildman–Crippen MR) is 116 cm³/mol. The summed E-state index contributed by atoms with van der Waals surface area (Å²) in [5.41, 5.74) is 3.64. The fraction of sp³-hybridized carbons (Fsp3) is 0.348. The van der Waals surface area contributed by atoms with E-state index < -0.39 is 18.1 Å². The van der Waals surface area contributed by atoms with E-state index in [0.29, 0.717) is 31.6 Å². The third-order valence-corrected chi connectivity index (χ3v) is 5.24. The molecule has 3 rings (SSSR count). The summed E-state index contributed by atoms with van der Waals surface area (Å²) in [7, 11) is 1.55. The van der Waals surface area contributed by atoms with Crippen LogP contribution in [-0.2, 0) is 16.0 Å². The van der Waals surface area contributed by atoms with E-state index in [1.807, 2.05) is 30.3 Å². The number of rotatable bonds is 12. The number of carboxylic acid groups (broad SMARTS) is 1. The second-order valence-electron chi connectivity index (χ2n) is 7.48. The Balaban J connectivity index is 1.74. The van der Waals surface area contributed by atoms with Crippen LogP contribution in [0, 0.1) is 5.92 Å². The molecule has 0 amide bonds. The lowest BCUT2D eigenvalue weighted by atomic mass is 9.92. The van der Waals surface area contributed by atoms with Gasteiger partial charge >= 0.3 is 5.97 Å². The normalized spacial score (nSPS) is 14.1. The van der Waals surface area contributed by atoms with Gasteiger partial charge in [-0.3, -0.25) is 10.1 Å². The van der Waals surface area contributed by atoms with Gasteiger partial charge < -0.3 is 14.9 Å². The van der Waals surface area contributed by atoms with Crippen LogP contribution in [0.1, 0.15) is 30.3 Å². The highest BCUT2D eigenvalue weighted by molar-refractivity contribution is 5.70. The molecule has 1 aromatic heterocycles. The number of carbonyl (C=O) groups is 1. The molecule has 31 heavy (non-hydrogen) atoms. The van der Waals surface area contributed by atoms with Gasteiger partial charge in [0.15, 0.2) is 6.23 Å². The maximum Gasteiger partial charge on any atom is 0.306 e. The van der Waals surface area contributed by atoms with Gasteiger partial charge in [-0.2, -0.15) is 15.4 Å². The molecule has 0 aliphatic heterocycles. The molecule has 2 aromatic carbocycles. The lowest BCUT2D eigenvalue weighted by molar-refractivity contribution is -0.143. The Morgan fingerprint density at radius 1 is 1.13 bits per heavy atom. The standard InChI is InChI=1S/C23H28N4O4/c1-31-12-11-19(23(29)30)14-20(25-22(28)21-15-24-27-26-21)13-16-7-9-18(10-8-16)17-5-3-2-4-6-17/h2-10,15,19-20,22,25,28H,11-14H2,1H3,(H,29,30)(H,24,26,27)/t19-,20-,22?/m1/s1. The molecule has 0 spiro atoms. The molecule has 0 fully saturated rings. The second kappa shape index (κ2) is 11.4. The molecule has 0 saturated carbocycles. The Hall–Kier alpha value is -3.07. The minimum Gasteiger partial charge on any atom is -0.481 e. The summed E-state index contributed by atoms with van der Waals surface area (Å²) < 4.78 is 5.06. The SMILES string of the molecule is COCC[C@H](C[C@@H](Cc1ccc(-c2ccccc2)cc1)NC(O)c1cn[nH]n1)C(=O)O. The molecule has 1 heterocycles. The third-order valence-electron chi connectivity index (χ3n) is 5.24. The number of aliphatic hydroxyl groups is 1. The number of nitrogens with zero attached hydrogens (tertiary/aromatic N) is 2. The quantitative estimate of drug-likeness (QED) is 0.330. The number of methoxy groups -OCH3 is 1. The van der Waals surface area contributed by atoms with Crippen LogP contribution < -0.4 is 5.32 Å². The lowest BCUT2D eigenvalue weighted by Gasteiger charge is -2.25. The highest BCUT2D eigenvalue weighted by atomic mass is 16.5. The molecule has 0 radical (unpaired) electrons. The number of benzene rings is 2. The maximum absolute atomic E-state index is 11.7. The van der Waals surface area contributed by atoms with Crippen molar-refractivity contribution >= 4 is 5.97 Å². The Morgan fingerprint density at radius 2 is 1.84 bits per heavy atom. The second-order valence-corrected chi connectivity index (χ2v) is 7.48. The van der Waals surface area contributed by atoms with Gasteiger partial charge in [-0.05, 0) is 36.0 Å². The van der Waals surface area contributed by atoms with E-state index in [0.717, 1.165) is 16.7 Å². The molecule has 1 unspecified atom stereocenters. The fourth-order valence-electron chi connectivity index (χ4n) is 3.56. The van der Waals surface area contributed by atoms with Crippen LogP contribution in [0.3, 0.4) is 0 Å². The predicted octanol–water partition coefficient (Wildman–Crippen LogP) is 2.79. The molecule has 0 saturated heterocycles. The van der Waals surface area contributed by atoms with Crippen LogP contribution in [0.15, 0.2) is 60.8 Å². The minimum absolute atomic E-state index is 0.285. The van der Waals surface area contributed by atoms with Crippen LogP contribution in [0.4, 0.5) is 0 Å². The molecule has 164 valence electrons. The van der Waals surface area contributed by atoms with E-state index in [-0.39, 0.29) is 6.04 Å². The molecule has 0 aliphatic rings. The number of nitrogens with one attached hydrogen (secondary N) is 2. The van der Waals surface area contributed by atoms with Crippen molar-refractivity contribution in [3.8, 4) is 11.1 Å². The molecule has 3 aromatic rings.